The number of halogens is 1. The van der Waals surface area contributed by atoms with Crippen molar-refractivity contribution >= 4 is 82.0 Å². The number of hydrogen-bond acceptors (Lipinski definition) is 14. The number of alkyl halides is 1. The van der Waals surface area contributed by atoms with Gasteiger partial charge in [0.25, 0.3) is 0 Å². The van der Waals surface area contributed by atoms with Crippen LogP contribution in [0.1, 0.15) is 168 Å². The fourth-order valence-corrected chi connectivity index (χ4v) is 14.1. The Morgan fingerprint density at radius 1 is 0.567 bits per heavy atom. The molecule has 24 nitrogen and oxygen atoms in total. The summed E-state index contributed by atoms with van der Waals surface area (Å²) < 4.78 is 16.5. The van der Waals surface area contributed by atoms with E-state index in [1.165, 1.54) is 9.80 Å². The molecule has 0 radical (unpaired) electrons. The lowest BCUT2D eigenvalue weighted by atomic mass is 10.0. The zero-order valence-corrected chi connectivity index (χ0v) is 59.9. The maximum Gasteiger partial charge on any atom is 0.408 e. The first-order valence-corrected chi connectivity index (χ1v) is 36.9. The predicted octanol–water partition coefficient (Wildman–Crippen LogP) is 6.79. The number of nitrogens with one attached hydrogen (secondary N) is 6. The lowest BCUT2D eigenvalue weighted by Crippen LogP contribution is -2.59. The Morgan fingerprint density at radius 3 is 1.39 bits per heavy atom. The molecule has 4 saturated heterocycles. The van der Waals surface area contributed by atoms with E-state index in [2.05, 4.69) is 60.6 Å². The van der Waals surface area contributed by atoms with Crippen molar-refractivity contribution in [2.24, 2.45) is 11.8 Å². The first kappa shape index (κ1) is 75.6. The van der Waals surface area contributed by atoms with Crippen LogP contribution < -0.4 is 31.9 Å². The van der Waals surface area contributed by atoms with E-state index < -0.39 is 94.5 Å². The third-order valence-corrected chi connectivity index (χ3v) is 19.2. The van der Waals surface area contributed by atoms with Crippen molar-refractivity contribution in [2.75, 3.05) is 38.2 Å². The van der Waals surface area contributed by atoms with E-state index in [-0.39, 0.29) is 73.4 Å². The Morgan fingerprint density at radius 2 is 0.979 bits per heavy atom. The molecule has 25 heteroatoms. The average Bonchev–Trinajstić information content (AvgIpc) is 1.57. The van der Waals surface area contributed by atoms with Crippen LogP contribution in [0.2, 0.25) is 0 Å². The molecule has 6 fully saturated rings. The van der Waals surface area contributed by atoms with Gasteiger partial charge in [0.15, 0.2) is 0 Å². The Bertz CT molecular complexity index is 3160. The summed E-state index contributed by atoms with van der Waals surface area (Å²) in [6, 6.07) is 14.2. The number of likely N-dealkylation sites (tertiary alicyclic amines) is 2. The van der Waals surface area contributed by atoms with Crippen LogP contribution in [-0.2, 0) is 65.7 Å². The fraction of sp³-hybridized carbons (Fsp3) is 0.639. The van der Waals surface area contributed by atoms with Crippen LogP contribution in [0.4, 0.5) is 9.59 Å². The van der Waals surface area contributed by atoms with Gasteiger partial charge in [-0.2, -0.15) is 0 Å². The molecule has 532 valence electrons. The number of rotatable bonds is 11. The number of amides is 10. The molecule has 0 aromatic heterocycles. The van der Waals surface area contributed by atoms with Crippen molar-refractivity contribution in [2.45, 2.75) is 241 Å². The number of fused-ring (bicyclic) bond motifs is 4. The highest BCUT2D eigenvalue weighted by atomic mass is 127. The summed E-state index contributed by atoms with van der Waals surface area (Å²) in [5.41, 5.74) is -2.02. The SMILES string of the molecule is CC(C)(C)OC(=O)N[C@H]1CCCCC/C=C\[C@@H]2C[C@@]2(C(=O)N2CCC[C@H]2C(=O)NCc2ccccc2)NC(=O)[C@@H]2C[C@@H](O)CN2C1=O.CI.CO[C@@H]1C[C@H]2C(=O)N[C@]3(C(=O)N4CCC[C@H]4C(=O)NCc4ccccc4)C[C@H]3/C=C\CCCCC[C@H](NC(=O)OC(C)(C)C)C(=O)N2C1. The molecule has 0 bridgehead atoms. The van der Waals surface area contributed by atoms with Crippen molar-refractivity contribution in [3.63, 3.8) is 0 Å². The number of carbonyl (C=O) groups is 10. The quantitative estimate of drug-likeness (QED) is 0.0692. The number of alkyl carbamates (subject to hydrolysis) is 2. The Kier molecular flexibility index (Phi) is 26.6. The molecule has 0 spiro atoms. The van der Waals surface area contributed by atoms with Gasteiger partial charge in [-0.3, -0.25) is 38.4 Å². The number of carbonyl (C=O) groups excluding carboxylic acids is 10. The number of aliphatic hydroxyl groups excluding tert-OH is 1. The van der Waals surface area contributed by atoms with E-state index in [1.54, 1.807) is 58.5 Å². The maximum absolute atomic E-state index is 14.4. The lowest BCUT2D eigenvalue weighted by Gasteiger charge is -2.32. The molecule has 97 heavy (non-hydrogen) atoms. The molecule has 2 aliphatic carbocycles. The summed E-state index contributed by atoms with van der Waals surface area (Å²) in [6.45, 7) is 12.1. The first-order valence-electron chi connectivity index (χ1n) is 34.7. The van der Waals surface area contributed by atoms with Crippen molar-refractivity contribution in [3.05, 3.63) is 96.1 Å². The van der Waals surface area contributed by atoms with E-state index >= 15 is 0 Å². The second-order valence-corrected chi connectivity index (χ2v) is 28.8. The molecule has 10 amide bonds. The van der Waals surface area contributed by atoms with Crippen LogP contribution >= 0.6 is 22.6 Å². The van der Waals surface area contributed by atoms with Gasteiger partial charge in [-0.25, -0.2) is 9.59 Å². The zero-order chi connectivity index (χ0) is 70.2. The molecule has 6 aliphatic heterocycles. The molecule has 8 aliphatic rings. The summed E-state index contributed by atoms with van der Waals surface area (Å²) >= 11 is 2.15. The van der Waals surface area contributed by atoms with Crippen molar-refractivity contribution in [1.82, 2.24) is 51.5 Å². The van der Waals surface area contributed by atoms with E-state index in [0.29, 0.717) is 90.4 Å². The Labute approximate surface area is 584 Å². The normalized spacial score (nSPS) is 29.8. The van der Waals surface area contributed by atoms with E-state index in [0.717, 1.165) is 49.7 Å². The monoisotopic (exact) mass is 1460 g/mol. The van der Waals surface area contributed by atoms with E-state index in [4.69, 9.17) is 14.2 Å². The molecule has 0 unspecified atom stereocenters. The van der Waals surface area contributed by atoms with E-state index in [9.17, 15) is 53.1 Å². The predicted molar refractivity (Wildman–Crippen MR) is 372 cm³/mol. The summed E-state index contributed by atoms with van der Waals surface area (Å²) in [7, 11) is 1.54. The molecule has 2 aromatic carbocycles. The van der Waals surface area contributed by atoms with Crippen LogP contribution in [0.15, 0.2) is 85.0 Å². The largest absolute Gasteiger partial charge is 0.444 e. The van der Waals surface area contributed by atoms with Crippen LogP contribution in [-0.4, -0.2) is 193 Å². The number of nitrogens with zero attached hydrogens (tertiary/aromatic N) is 4. The number of benzene rings is 2. The molecular weight excluding hydrogens is 1360 g/mol. The topological polar surface area (TPSA) is 304 Å². The van der Waals surface area contributed by atoms with Gasteiger partial charge in [-0.15, -0.1) is 0 Å². The van der Waals surface area contributed by atoms with Gasteiger partial charge in [0.05, 0.1) is 12.2 Å². The van der Waals surface area contributed by atoms with Crippen LogP contribution in [0.5, 0.6) is 0 Å². The average molecular weight is 1460 g/mol. The number of aliphatic hydroxyl groups is 1. The minimum absolute atomic E-state index is 0.00966. The van der Waals surface area contributed by atoms with Gasteiger partial charge in [-0.1, -0.05) is 133 Å². The highest BCUT2D eigenvalue weighted by molar-refractivity contribution is 14.1. The van der Waals surface area contributed by atoms with Crippen molar-refractivity contribution in [3.8, 4) is 0 Å². The minimum atomic E-state index is -1.24. The fourth-order valence-electron chi connectivity index (χ4n) is 14.1. The van der Waals surface area contributed by atoms with Gasteiger partial charge >= 0.3 is 12.2 Å². The Hall–Kier alpha value is -7.13. The number of hydrogen-bond donors (Lipinski definition) is 7. The summed E-state index contributed by atoms with van der Waals surface area (Å²) in [5, 5.41) is 28.1. The van der Waals surface area contributed by atoms with Crippen molar-refractivity contribution in [1.29, 1.82) is 0 Å². The van der Waals surface area contributed by atoms with Gasteiger partial charge in [0.1, 0.15) is 58.5 Å². The van der Waals surface area contributed by atoms with Crippen LogP contribution in [0, 0.1) is 11.8 Å². The van der Waals surface area contributed by atoms with Gasteiger partial charge < -0.3 is 70.8 Å². The second-order valence-electron chi connectivity index (χ2n) is 28.8. The number of allylic oxidation sites excluding steroid dienone is 2. The van der Waals surface area contributed by atoms with Gasteiger partial charge in [0.2, 0.25) is 47.3 Å². The lowest BCUT2D eigenvalue weighted by molar-refractivity contribution is -0.145. The summed E-state index contributed by atoms with van der Waals surface area (Å²) in [5.74, 6) is -3.31. The van der Waals surface area contributed by atoms with Crippen molar-refractivity contribution < 1.29 is 67.3 Å². The molecular formula is C72H103IN10O14. The minimum Gasteiger partial charge on any atom is -0.444 e. The molecule has 10 rings (SSSR count). The summed E-state index contributed by atoms with van der Waals surface area (Å²) in [6.07, 6.45) is 15.9. The molecule has 2 saturated carbocycles. The highest BCUT2D eigenvalue weighted by Gasteiger charge is 2.65. The molecule has 12 atom stereocenters. The first-order chi connectivity index (χ1) is 46.3. The molecule has 2 aromatic rings. The second kappa shape index (κ2) is 34.1. The highest BCUT2D eigenvalue weighted by Crippen LogP contribution is 2.49. The number of methoxy groups -OCH3 is 1. The van der Waals surface area contributed by atoms with Crippen LogP contribution in [0.3, 0.4) is 0 Å². The molecule has 6 heterocycles. The van der Waals surface area contributed by atoms with Gasteiger partial charge in [-0.05, 0) is 135 Å². The standard InChI is InChI=1S/C36H51N5O7.C35H49N5O7.CH3I/c1-35(2,3)48-34(46)38-27-17-12-7-5-6-11-16-25-21-36(25,39-31(43)29-20-26(47-4)23-41(29)32(27)44)33(45)40-19-13-18-28(40)30(42)37-22-24-14-9-8-10-15-24;1-34(2,3)47-33(46)37-26-16-11-6-4-5-10-15-24-20-35(24,38-30(43)28-19-25(41)22-40(28)31(26)44)32(45)39-18-12-17-27(39)29(42)36-21-23-13-8-7-9-14-23;1-2/h8-11,14-16,25-29H,5-7,12-13,17-23H2,1-4H3,(H,37,42)(H,38,46)(H,39,43);7-10,13-15,24-28,41H,4-6,11-12,16-22H2,1-3H3,(H,36,42)(H,37,46)(H,38,43);1H3/b16-11-;15-10-;/t25-,26-,27+,28+,29+,36-;24-,25-,26+,27+,28+,35-;/m11./s1. The number of ether oxygens (including phenoxy) is 3. The smallest absolute Gasteiger partial charge is 0.408 e. The summed E-state index contributed by atoms with van der Waals surface area (Å²) in [4.78, 5) is 145. The zero-order valence-electron chi connectivity index (χ0n) is 57.7. The third-order valence-electron chi connectivity index (χ3n) is 19.2. The molecule has 7 N–H and O–H groups in total. The van der Waals surface area contributed by atoms with E-state index in [1.807, 2.05) is 83.8 Å². The maximum atomic E-state index is 14.4. The Balaban J connectivity index is 0.000000242. The van der Waals surface area contributed by atoms with Crippen LogP contribution in [0.25, 0.3) is 0 Å². The third kappa shape index (κ3) is 20.1. The van der Waals surface area contributed by atoms with Gasteiger partial charge in [0, 0.05) is 71.1 Å².